The molecule has 26 heavy (non-hydrogen) atoms. The summed E-state index contributed by atoms with van der Waals surface area (Å²) in [5.41, 5.74) is 2.13. The number of thioether (sulfide) groups is 1. The number of benzene rings is 1. The standard InChI is InChI=1S/C17H20N2O5S2/c1-11-2-4-12(5-3-11)8-19-13-9-26(23,24)10-14(13)25-17(19)18-15(20)6-7-16(21)22/h2-5,13-14H,6-10H2,1H3,(H,21,22)/t13-,14-/m1/s1. The number of amidine groups is 1. The zero-order chi connectivity index (χ0) is 18.9. The molecule has 1 N–H and O–H groups in total. The van der Waals surface area contributed by atoms with Crippen LogP contribution < -0.4 is 0 Å². The molecule has 2 heterocycles. The van der Waals surface area contributed by atoms with Gasteiger partial charge in [0, 0.05) is 18.2 Å². The van der Waals surface area contributed by atoms with Crippen LogP contribution in [0.4, 0.5) is 0 Å². The second kappa shape index (κ2) is 7.40. The fourth-order valence-corrected chi connectivity index (χ4v) is 7.06. The summed E-state index contributed by atoms with van der Waals surface area (Å²) in [6.07, 6.45) is -0.426. The molecule has 7 nitrogen and oxygen atoms in total. The lowest BCUT2D eigenvalue weighted by molar-refractivity contribution is -0.138. The molecule has 0 radical (unpaired) electrons. The van der Waals surface area contributed by atoms with E-state index in [0.29, 0.717) is 11.7 Å². The SMILES string of the molecule is Cc1ccc(CN2C(=NC(=O)CCC(=O)O)S[C@@H]3CS(=O)(=O)C[C@H]32)cc1. The Morgan fingerprint density at radius 3 is 2.58 bits per heavy atom. The van der Waals surface area contributed by atoms with Crippen LogP contribution in [0.15, 0.2) is 29.3 Å². The van der Waals surface area contributed by atoms with Crippen LogP contribution in [0.2, 0.25) is 0 Å². The van der Waals surface area contributed by atoms with Gasteiger partial charge in [0.25, 0.3) is 0 Å². The highest BCUT2D eigenvalue weighted by Crippen LogP contribution is 2.39. The Morgan fingerprint density at radius 1 is 1.23 bits per heavy atom. The van der Waals surface area contributed by atoms with Gasteiger partial charge in [0.05, 0.1) is 24.0 Å². The third kappa shape index (κ3) is 4.45. The second-order valence-electron chi connectivity index (χ2n) is 6.60. The zero-order valence-electron chi connectivity index (χ0n) is 14.3. The summed E-state index contributed by atoms with van der Waals surface area (Å²) in [7, 11) is -3.09. The fraction of sp³-hybridized carbons (Fsp3) is 0.471. The molecule has 2 aliphatic rings. The van der Waals surface area contributed by atoms with Crippen LogP contribution in [-0.4, -0.2) is 58.3 Å². The third-order valence-corrected chi connectivity index (χ3v) is 7.67. The minimum Gasteiger partial charge on any atom is -0.481 e. The molecule has 1 amide bonds. The van der Waals surface area contributed by atoms with Crippen molar-refractivity contribution >= 4 is 38.6 Å². The Bertz CT molecular complexity index is 848. The molecule has 1 aromatic rings. The number of fused-ring (bicyclic) bond motifs is 1. The topological polar surface area (TPSA) is 104 Å². The maximum atomic E-state index is 12.0. The molecule has 0 bridgehead atoms. The van der Waals surface area contributed by atoms with Crippen LogP contribution >= 0.6 is 11.8 Å². The van der Waals surface area contributed by atoms with E-state index in [2.05, 4.69) is 4.99 Å². The maximum absolute atomic E-state index is 12.0. The number of rotatable bonds is 5. The molecule has 1 aromatic carbocycles. The number of carbonyl (C=O) groups excluding carboxylic acids is 1. The van der Waals surface area contributed by atoms with E-state index >= 15 is 0 Å². The lowest BCUT2D eigenvalue weighted by Gasteiger charge is -2.24. The fourth-order valence-electron chi connectivity index (χ4n) is 3.09. The molecule has 2 saturated heterocycles. The van der Waals surface area contributed by atoms with Crippen molar-refractivity contribution in [1.82, 2.24) is 4.90 Å². The third-order valence-electron chi connectivity index (χ3n) is 4.42. The number of aryl methyl sites for hydroxylation is 1. The van der Waals surface area contributed by atoms with E-state index in [9.17, 15) is 18.0 Å². The van der Waals surface area contributed by atoms with Crippen molar-refractivity contribution in [1.29, 1.82) is 0 Å². The van der Waals surface area contributed by atoms with Gasteiger partial charge < -0.3 is 10.0 Å². The highest BCUT2D eigenvalue weighted by atomic mass is 32.2. The molecule has 0 aliphatic carbocycles. The highest BCUT2D eigenvalue weighted by Gasteiger charge is 2.48. The number of nitrogens with zero attached hydrogens (tertiary/aromatic N) is 2. The van der Waals surface area contributed by atoms with Gasteiger partial charge in [-0.05, 0) is 12.5 Å². The predicted molar refractivity (Wildman–Crippen MR) is 99.9 cm³/mol. The minimum atomic E-state index is -3.09. The van der Waals surface area contributed by atoms with Crippen molar-refractivity contribution in [2.45, 2.75) is 37.6 Å². The summed E-state index contributed by atoms with van der Waals surface area (Å²) in [5.74, 6) is -1.41. The number of sulfone groups is 1. The number of aliphatic carboxylic acids is 1. The van der Waals surface area contributed by atoms with Gasteiger partial charge in [0.2, 0.25) is 5.91 Å². The lowest BCUT2D eigenvalue weighted by atomic mass is 10.1. The van der Waals surface area contributed by atoms with Gasteiger partial charge >= 0.3 is 5.97 Å². The van der Waals surface area contributed by atoms with Crippen LogP contribution in [0.25, 0.3) is 0 Å². The summed E-state index contributed by atoms with van der Waals surface area (Å²) in [4.78, 5) is 28.6. The number of amides is 1. The molecular weight excluding hydrogens is 376 g/mol. The van der Waals surface area contributed by atoms with E-state index in [1.54, 1.807) is 0 Å². The molecule has 2 fully saturated rings. The average Bonchev–Trinajstić information content (AvgIpc) is 3.00. The van der Waals surface area contributed by atoms with Crippen LogP contribution in [-0.2, 0) is 26.0 Å². The van der Waals surface area contributed by atoms with Gasteiger partial charge in [-0.3, -0.25) is 9.59 Å². The Kier molecular flexibility index (Phi) is 5.38. The smallest absolute Gasteiger partial charge is 0.303 e. The Labute approximate surface area is 156 Å². The van der Waals surface area contributed by atoms with E-state index in [1.165, 1.54) is 11.8 Å². The van der Waals surface area contributed by atoms with Crippen molar-refractivity contribution in [3.05, 3.63) is 35.4 Å². The quantitative estimate of drug-likeness (QED) is 0.803. The Balaban J connectivity index is 1.82. The molecule has 2 atom stereocenters. The summed E-state index contributed by atoms with van der Waals surface area (Å²) >= 11 is 1.31. The first-order chi connectivity index (χ1) is 12.2. The zero-order valence-corrected chi connectivity index (χ0v) is 15.9. The minimum absolute atomic E-state index is 0.0544. The first-order valence-corrected chi connectivity index (χ1v) is 11.0. The Morgan fingerprint density at radius 2 is 1.92 bits per heavy atom. The molecule has 0 unspecified atom stereocenters. The van der Waals surface area contributed by atoms with Gasteiger partial charge in [0.15, 0.2) is 15.0 Å². The molecule has 140 valence electrons. The molecule has 0 spiro atoms. The first-order valence-electron chi connectivity index (χ1n) is 8.26. The molecular formula is C17H20N2O5S2. The van der Waals surface area contributed by atoms with E-state index < -0.39 is 21.7 Å². The van der Waals surface area contributed by atoms with Gasteiger partial charge in [-0.2, -0.15) is 4.99 Å². The predicted octanol–water partition coefficient (Wildman–Crippen LogP) is 1.46. The normalized spacial score (nSPS) is 25.4. The van der Waals surface area contributed by atoms with Crippen molar-refractivity contribution in [2.24, 2.45) is 4.99 Å². The first kappa shape index (κ1) is 18.9. The van der Waals surface area contributed by atoms with Crippen molar-refractivity contribution < 1.29 is 23.1 Å². The van der Waals surface area contributed by atoms with Crippen LogP contribution in [0.1, 0.15) is 24.0 Å². The summed E-state index contributed by atoms with van der Waals surface area (Å²) < 4.78 is 24.0. The molecule has 0 aromatic heterocycles. The van der Waals surface area contributed by atoms with Crippen molar-refractivity contribution in [2.75, 3.05) is 11.5 Å². The van der Waals surface area contributed by atoms with Gasteiger partial charge in [0.1, 0.15) is 0 Å². The Hall–Kier alpha value is -1.87. The highest BCUT2D eigenvalue weighted by molar-refractivity contribution is 8.15. The number of hydrogen-bond acceptors (Lipinski definition) is 5. The molecule has 9 heteroatoms. The van der Waals surface area contributed by atoms with Gasteiger partial charge in [-0.1, -0.05) is 41.6 Å². The second-order valence-corrected chi connectivity index (χ2v) is 9.96. The van der Waals surface area contributed by atoms with Gasteiger partial charge in [-0.15, -0.1) is 0 Å². The maximum Gasteiger partial charge on any atom is 0.303 e. The number of carbonyl (C=O) groups is 2. The van der Waals surface area contributed by atoms with E-state index in [1.807, 2.05) is 36.1 Å². The number of carboxylic acid groups (broad SMARTS) is 1. The van der Waals surface area contributed by atoms with Crippen LogP contribution in [0.3, 0.4) is 0 Å². The van der Waals surface area contributed by atoms with Gasteiger partial charge in [-0.25, -0.2) is 8.42 Å². The lowest BCUT2D eigenvalue weighted by Crippen LogP contribution is -2.37. The largest absolute Gasteiger partial charge is 0.481 e. The number of hydrogen-bond donors (Lipinski definition) is 1. The number of carboxylic acids is 1. The van der Waals surface area contributed by atoms with Crippen molar-refractivity contribution in [3.8, 4) is 0 Å². The summed E-state index contributed by atoms with van der Waals surface area (Å²) in [6, 6.07) is 7.70. The average molecular weight is 396 g/mol. The molecule has 3 rings (SSSR count). The van der Waals surface area contributed by atoms with Crippen molar-refractivity contribution in [3.63, 3.8) is 0 Å². The van der Waals surface area contributed by atoms with E-state index in [0.717, 1.165) is 11.1 Å². The summed E-state index contributed by atoms with van der Waals surface area (Å²) in [5, 5.41) is 9.05. The summed E-state index contributed by atoms with van der Waals surface area (Å²) in [6.45, 7) is 2.46. The monoisotopic (exact) mass is 396 g/mol. The number of aliphatic imine (C=N–C) groups is 1. The molecule has 0 saturated carbocycles. The van der Waals surface area contributed by atoms with E-state index in [4.69, 9.17) is 5.11 Å². The van der Waals surface area contributed by atoms with Crippen LogP contribution in [0.5, 0.6) is 0 Å². The van der Waals surface area contributed by atoms with Crippen LogP contribution in [0, 0.1) is 6.92 Å². The van der Waals surface area contributed by atoms with E-state index in [-0.39, 0.29) is 35.6 Å². The molecule has 2 aliphatic heterocycles.